The van der Waals surface area contributed by atoms with Crippen molar-refractivity contribution in [2.75, 3.05) is 11.1 Å². The van der Waals surface area contributed by atoms with Gasteiger partial charge in [-0.25, -0.2) is 4.98 Å². The predicted molar refractivity (Wildman–Crippen MR) is 93.7 cm³/mol. The van der Waals surface area contributed by atoms with Gasteiger partial charge in [-0.15, -0.1) is 0 Å². The number of carbonyl (C=O) groups excluding carboxylic acids is 1. The largest absolute Gasteiger partial charge is 0.324 e. The van der Waals surface area contributed by atoms with E-state index >= 15 is 0 Å². The van der Waals surface area contributed by atoms with Crippen LogP contribution in [0.5, 0.6) is 0 Å². The third kappa shape index (κ3) is 3.45. The van der Waals surface area contributed by atoms with Crippen molar-refractivity contribution in [1.82, 2.24) is 9.38 Å². The maximum Gasteiger partial charge on any atom is 0.234 e. The van der Waals surface area contributed by atoms with Crippen LogP contribution in [0, 0.1) is 0 Å². The maximum atomic E-state index is 12.0. The molecule has 0 atom stereocenters. The molecule has 112 valence electrons. The molecule has 2 heterocycles. The van der Waals surface area contributed by atoms with E-state index in [-0.39, 0.29) is 11.7 Å². The van der Waals surface area contributed by atoms with Gasteiger partial charge in [0.15, 0.2) is 5.16 Å². The number of amides is 1. The number of halogens is 2. The molecule has 3 aromatic rings. The number of fused-ring (bicyclic) bond motifs is 1. The highest BCUT2D eigenvalue weighted by atomic mass is 79.9. The van der Waals surface area contributed by atoms with E-state index < -0.39 is 0 Å². The molecule has 1 amide bonds. The van der Waals surface area contributed by atoms with Crippen LogP contribution in [0.15, 0.2) is 58.4 Å². The Balaban J connectivity index is 1.65. The van der Waals surface area contributed by atoms with Crippen molar-refractivity contribution in [2.45, 2.75) is 5.16 Å². The van der Waals surface area contributed by atoms with E-state index in [2.05, 4.69) is 26.2 Å². The molecule has 1 N–H and O–H groups in total. The molecular formula is C15H11BrClN3OS. The molecular weight excluding hydrogens is 386 g/mol. The summed E-state index contributed by atoms with van der Waals surface area (Å²) in [7, 11) is 0. The number of rotatable bonds is 4. The summed E-state index contributed by atoms with van der Waals surface area (Å²) >= 11 is 10.8. The second-order valence-electron chi connectivity index (χ2n) is 4.50. The van der Waals surface area contributed by atoms with Crippen LogP contribution in [0.4, 0.5) is 5.69 Å². The van der Waals surface area contributed by atoms with Gasteiger partial charge in [0.05, 0.1) is 28.2 Å². The Hall–Kier alpha value is -1.50. The summed E-state index contributed by atoms with van der Waals surface area (Å²) in [5.74, 6) is 0.141. The van der Waals surface area contributed by atoms with Gasteiger partial charge in [-0.2, -0.15) is 0 Å². The highest BCUT2D eigenvalue weighted by molar-refractivity contribution is 9.10. The Labute approximate surface area is 145 Å². The smallest absolute Gasteiger partial charge is 0.234 e. The zero-order chi connectivity index (χ0) is 15.5. The van der Waals surface area contributed by atoms with Crippen molar-refractivity contribution in [1.29, 1.82) is 0 Å². The van der Waals surface area contributed by atoms with E-state index in [0.717, 1.165) is 15.1 Å². The summed E-state index contributed by atoms with van der Waals surface area (Å²) in [4.78, 5) is 16.4. The molecule has 0 aliphatic carbocycles. The van der Waals surface area contributed by atoms with Crippen LogP contribution in [0.3, 0.4) is 0 Å². The number of aromatic nitrogens is 2. The molecule has 0 bridgehead atoms. The zero-order valence-corrected chi connectivity index (χ0v) is 14.5. The molecule has 0 spiro atoms. The number of nitrogens with one attached hydrogen (secondary N) is 1. The minimum Gasteiger partial charge on any atom is -0.324 e. The zero-order valence-electron chi connectivity index (χ0n) is 11.3. The van der Waals surface area contributed by atoms with Gasteiger partial charge in [0.1, 0.15) is 0 Å². The lowest BCUT2D eigenvalue weighted by Gasteiger charge is -2.07. The molecule has 1 aromatic carbocycles. The Morgan fingerprint density at radius 1 is 1.36 bits per heavy atom. The summed E-state index contributed by atoms with van der Waals surface area (Å²) in [5, 5.41) is 4.08. The van der Waals surface area contributed by atoms with Crippen molar-refractivity contribution >= 4 is 56.4 Å². The first kappa shape index (κ1) is 15.4. The monoisotopic (exact) mass is 395 g/mol. The van der Waals surface area contributed by atoms with Gasteiger partial charge in [0.2, 0.25) is 5.91 Å². The third-order valence-electron chi connectivity index (χ3n) is 2.94. The number of pyridine rings is 1. The SMILES string of the molecule is O=C(CSc1ncc2ccccn12)Nc1ccc(Br)cc1Cl. The van der Waals surface area contributed by atoms with Crippen molar-refractivity contribution in [3.63, 3.8) is 0 Å². The molecule has 2 aromatic heterocycles. The molecule has 0 radical (unpaired) electrons. The van der Waals surface area contributed by atoms with Gasteiger partial charge in [-0.3, -0.25) is 9.20 Å². The first-order valence-corrected chi connectivity index (χ1v) is 8.59. The molecule has 0 aliphatic rings. The summed E-state index contributed by atoms with van der Waals surface area (Å²) in [6.07, 6.45) is 3.71. The van der Waals surface area contributed by atoms with Crippen LogP contribution in [0.1, 0.15) is 0 Å². The summed E-state index contributed by atoms with van der Waals surface area (Å²) in [6, 6.07) is 11.2. The lowest BCUT2D eigenvalue weighted by atomic mass is 10.3. The van der Waals surface area contributed by atoms with E-state index in [1.807, 2.05) is 34.9 Å². The molecule has 0 saturated carbocycles. The van der Waals surface area contributed by atoms with Gasteiger partial charge < -0.3 is 5.32 Å². The van der Waals surface area contributed by atoms with Crippen LogP contribution in [-0.4, -0.2) is 21.0 Å². The van der Waals surface area contributed by atoms with E-state index in [4.69, 9.17) is 11.6 Å². The Bertz CT molecular complexity index is 837. The van der Waals surface area contributed by atoms with Gasteiger partial charge in [-0.05, 0) is 30.3 Å². The number of carbonyl (C=O) groups is 1. The fraction of sp³-hybridized carbons (Fsp3) is 0.0667. The topological polar surface area (TPSA) is 46.4 Å². The standard InChI is InChI=1S/C15H11BrClN3OS/c16-10-4-5-13(12(17)7-10)19-14(21)9-22-15-18-8-11-3-1-2-6-20(11)15/h1-8H,9H2,(H,19,21). The maximum absolute atomic E-state index is 12.0. The first-order valence-electron chi connectivity index (χ1n) is 6.43. The highest BCUT2D eigenvalue weighted by Gasteiger charge is 2.09. The Morgan fingerprint density at radius 2 is 2.23 bits per heavy atom. The average Bonchev–Trinajstić information content (AvgIpc) is 2.91. The second-order valence-corrected chi connectivity index (χ2v) is 6.76. The van der Waals surface area contributed by atoms with E-state index in [9.17, 15) is 4.79 Å². The van der Waals surface area contributed by atoms with Crippen LogP contribution < -0.4 is 5.32 Å². The summed E-state index contributed by atoms with van der Waals surface area (Å²) < 4.78 is 2.82. The number of thioether (sulfide) groups is 1. The van der Waals surface area contributed by atoms with Crippen molar-refractivity contribution in [3.8, 4) is 0 Å². The molecule has 22 heavy (non-hydrogen) atoms. The van der Waals surface area contributed by atoms with Crippen molar-refractivity contribution < 1.29 is 4.79 Å². The van der Waals surface area contributed by atoms with E-state index in [0.29, 0.717) is 10.7 Å². The molecule has 0 saturated heterocycles. The van der Waals surface area contributed by atoms with Crippen LogP contribution in [0.2, 0.25) is 5.02 Å². The summed E-state index contributed by atoms with van der Waals surface area (Å²) in [5.41, 5.74) is 1.60. The minimum absolute atomic E-state index is 0.123. The lowest BCUT2D eigenvalue weighted by molar-refractivity contribution is -0.113. The minimum atomic E-state index is -0.123. The van der Waals surface area contributed by atoms with Crippen LogP contribution in [0.25, 0.3) is 5.52 Å². The Kier molecular flexibility index (Phi) is 4.71. The molecule has 3 rings (SSSR count). The van der Waals surface area contributed by atoms with Gasteiger partial charge in [-0.1, -0.05) is 45.4 Å². The molecule has 0 fully saturated rings. The fourth-order valence-electron chi connectivity index (χ4n) is 1.93. The van der Waals surface area contributed by atoms with E-state index in [1.54, 1.807) is 18.3 Å². The quantitative estimate of drug-likeness (QED) is 0.661. The normalized spacial score (nSPS) is 10.8. The first-order chi connectivity index (χ1) is 10.6. The predicted octanol–water partition coefficient (Wildman–Crippen LogP) is 4.48. The second kappa shape index (κ2) is 6.73. The molecule has 0 unspecified atom stereocenters. The number of hydrogen-bond donors (Lipinski definition) is 1. The van der Waals surface area contributed by atoms with Gasteiger partial charge in [0, 0.05) is 10.7 Å². The van der Waals surface area contributed by atoms with Gasteiger partial charge >= 0.3 is 0 Å². The molecule has 4 nitrogen and oxygen atoms in total. The number of imidazole rings is 1. The highest BCUT2D eigenvalue weighted by Crippen LogP contribution is 2.26. The number of anilines is 1. The van der Waals surface area contributed by atoms with Crippen molar-refractivity contribution in [2.24, 2.45) is 0 Å². The van der Waals surface area contributed by atoms with Crippen molar-refractivity contribution in [3.05, 3.63) is 58.3 Å². The number of nitrogens with zero attached hydrogens (tertiary/aromatic N) is 2. The van der Waals surface area contributed by atoms with E-state index in [1.165, 1.54) is 11.8 Å². The van der Waals surface area contributed by atoms with Crippen LogP contribution >= 0.6 is 39.3 Å². The molecule has 7 heteroatoms. The van der Waals surface area contributed by atoms with Gasteiger partial charge in [0.25, 0.3) is 0 Å². The summed E-state index contributed by atoms with van der Waals surface area (Å²) in [6.45, 7) is 0. The third-order valence-corrected chi connectivity index (χ3v) is 4.72. The number of hydrogen-bond acceptors (Lipinski definition) is 3. The lowest BCUT2D eigenvalue weighted by Crippen LogP contribution is -2.14. The fourth-order valence-corrected chi connectivity index (χ4v) is 3.42. The average molecular weight is 397 g/mol. The molecule has 0 aliphatic heterocycles. The Morgan fingerprint density at radius 3 is 3.05 bits per heavy atom. The number of benzene rings is 1. The van der Waals surface area contributed by atoms with Crippen LogP contribution in [-0.2, 0) is 4.79 Å².